The van der Waals surface area contributed by atoms with Crippen LogP contribution in [0.25, 0.3) is 43.4 Å². The first kappa shape index (κ1) is 24.6. The minimum Gasteiger partial charge on any atom is -0.507 e. The van der Waals surface area contributed by atoms with E-state index in [0.717, 1.165) is 21.8 Å². The zero-order chi connectivity index (χ0) is 26.4. The third-order valence-corrected chi connectivity index (χ3v) is 7.39. The van der Waals surface area contributed by atoms with Gasteiger partial charge in [0.05, 0.1) is 11.0 Å². The molecule has 1 N–H and O–H groups in total. The van der Waals surface area contributed by atoms with Crippen molar-refractivity contribution in [1.29, 1.82) is 0 Å². The molecule has 0 saturated carbocycles. The molecular formula is C36H30N2O. The number of phenolic OH excluding ortho intramolecular Hbond substituents is 1. The van der Waals surface area contributed by atoms with Gasteiger partial charge in [-0.2, -0.15) is 0 Å². The van der Waals surface area contributed by atoms with Crippen molar-refractivity contribution in [2.24, 2.45) is 0 Å². The van der Waals surface area contributed by atoms with Crippen LogP contribution < -0.4 is 0 Å². The Morgan fingerprint density at radius 1 is 0.462 bits per heavy atom. The lowest BCUT2D eigenvalue weighted by Gasteiger charge is -2.18. The Kier molecular flexibility index (Phi) is 7.13. The average Bonchev–Trinajstić information content (AvgIpc) is 3.02. The summed E-state index contributed by atoms with van der Waals surface area (Å²) in [5.74, 6) is 0.372. The van der Waals surface area contributed by atoms with Crippen LogP contribution in [0.5, 0.6) is 5.75 Å². The molecule has 0 unspecified atom stereocenters. The molecule has 0 aliphatic heterocycles. The lowest BCUT2D eigenvalue weighted by Crippen LogP contribution is -2.03. The van der Waals surface area contributed by atoms with Crippen molar-refractivity contribution in [1.82, 2.24) is 9.97 Å². The van der Waals surface area contributed by atoms with Gasteiger partial charge in [-0.05, 0) is 83.3 Å². The molecule has 0 amide bonds. The number of aryl methyl sites for hydroxylation is 2. The minimum absolute atomic E-state index is 0.372. The molecule has 2 aromatic heterocycles. The predicted molar refractivity (Wildman–Crippen MR) is 163 cm³/mol. The van der Waals surface area contributed by atoms with E-state index in [1.807, 2.05) is 67.0 Å². The van der Waals surface area contributed by atoms with Gasteiger partial charge in [0.2, 0.25) is 0 Å². The number of phenols is 1. The molecule has 5 aromatic carbocycles. The zero-order valence-corrected chi connectivity index (χ0v) is 21.8. The van der Waals surface area contributed by atoms with Crippen LogP contribution in [0.4, 0.5) is 0 Å². The number of rotatable bonds is 0. The maximum absolute atomic E-state index is 9.97. The van der Waals surface area contributed by atoms with Gasteiger partial charge in [-0.25, -0.2) is 0 Å². The summed E-state index contributed by atoms with van der Waals surface area (Å²) in [7, 11) is 0. The van der Waals surface area contributed by atoms with Gasteiger partial charge >= 0.3 is 0 Å². The Morgan fingerprint density at radius 3 is 1.72 bits per heavy atom. The molecule has 0 atom stereocenters. The first-order valence-corrected chi connectivity index (χ1v) is 13.5. The van der Waals surface area contributed by atoms with Crippen molar-refractivity contribution < 1.29 is 5.11 Å². The summed E-state index contributed by atoms with van der Waals surface area (Å²) in [4.78, 5) is 8.36. The highest BCUT2D eigenvalue weighted by atomic mass is 16.3. The predicted octanol–water partition coefficient (Wildman–Crippen LogP) is 9.05. The molecule has 0 bridgehead atoms. The first-order valence-electron chi connectivity index (χ1n) is 13.5. The van der Waals surface area contributed by atoms with Crippen LogP contribution in [0.3, 0.4) is 0 Å². The van der Waals surface area contributed by atoms with E-state index in [-0.39, 0.29) is 0 Å². The van der Waals surface area contributed by atoms with E-state index in [0.29, 0.717) is 5.75 Å². The number of hydrogen-bond acceptors (Lipinski definition) is 3. The van der Waals surface area contributed by atoms with Gasteiger partial charge in [0.25, 0.3) is 0 Å². The van der Waals surface area contributed by atoms with Gasteiger partial charge in [-0.15, -0.1) is 0 Å². The number of fused-ring (bicyclic) bond motifs is 7. The van der Waals surface area contributed by atoms with Crippen molar-refractivity contribution in [3.05, 3.63) is 139 Å². The Bertz CT molecular complexity index is 1690. The molecule has 8 rings (SSSR count). The molecule has 3 nitrogen and oxygen atoms in total. The highest BCUT2D eigenvalue weighted by Gasteiger charge is 2.13. The molecule has 39 heavy (non-hydrogen) atoms. The fourth-order valence-corrected chi connectivity index (χ4v) is 5.44. The van der Waals surface area contributed by atoms with E-state index in [4.69, 9.17) is 0 Å². The molecule has 7 aromatic rings. The molecule has 3 heteroatoms. The highest BCUT2D eigenvalue weighted by Crippen LogP contribution is 2.35. The molecule has 0 spiro atoms. The second-order valence-corrected chi connectivity index (χ2v) is 9.84. The summed E-state index contributed by atoms with van der Waals surface area (Å²) in [6, 6.07) is 38.7. The number of pyridine rings is 2. The second kappa shape index (κ2) is 11.3. The van der Waals surface area contributed by atoms with Crippen LogP contribution in [0.1, 0.15) is 24.0 Å². The van der Waals surface area contributed by atoms with Crippen molar-refractivity contribution in [3.8, 4) is 5.75 Å². The monoisotopic (exact) mass is 506 g/mol. The largest absolute Gasteiger partial charge is 0.507 e. The Balaban J connectivity index is 0.000000117. The summed E-state index contributed by atoms with van der Waals surface area (Å²) in [6.07, 6.45) is 8.63. The van der Waals surface area contributed by atoms with Crippen molar-refractivity contribution >= 4 is 43.4 Å². The second-order valence-electron chi connectivity index (χ2n) is 9.84. The van der Waals surface area contributed by atoms with E-state index < -0.39 is 0 Å². The average molecular weight is 507 g/mol. The summed E-state index contributed by atoms with van der Waals surface area (Å²) in [5.41, 5.74) is 5.15. The normalized spacial score (nSPS) is 12.3. The number of hydrogen-bond donors (Lipinski definition) is 1. The van der Waals surface area contributed by atoms with E-state index in [9.17, 15) is 5.11 Å². The molecule has 1 aliphatic carbocycles. The molecule has 1 aliphatic rings. The van der Waals surface area contributed by atoms with Gasteiger partial charge in [0, 0.05) is 28.6 Å². The highest BCUT2D eigenvalue weighted by molar-refractivity contribution is 6.10. The maximum Gasteiger partial charge on any atom is 0.123 e. The third-order valence-electron chi connectivity index (χ3n) is 7.39. The van der Waals surface area contributed by atoms with Gasteiger partial charge in [-0.3, -0.25) is 9.97 Å². The van der Waals surface area contributed by atoms with Gasteiger partial charge in [0.1, 0.15) is 5.75 Å². The van der Waals surface area contributed by atoms with Gasteiger partial charge in [0.15, 0.2) is 0 Å². The summed E-state index contributed by atoms with van der Waals surface area (Å²) in [5, 5.41) is 17.1. The van der Waals surface area contributed by atoms with Crippen LogP contribution in [0.2, 0.25) is 0 Å². The summed E-state index contributed by atoms with van der Waals surface area (Å²) >= 11 is 0. The standard InChI is InChI=1S/C18H16O.2C9H7N/c19-18-7-3-6-14-16-9-8-12-4-1-2-5-13(12)15(16)10-11-17(14)18;2*1-2-6-9-8(4-1)5-3-7-10-9/h3,6-11,19H,1-2,4-5H2;2*1-7H. The molecular weight excluding hydrogens is 476 g/mol. The zero-order valence-electron chi connectivity index (χ0n) is 21.8. The summed E-state index contributed by atoms with van der Waals surface area (Å²) in [6.45, 7) is 0. The molecule has 2 heterocycles. The first-order chi connectivity index (χ1) is 19.3. The van der Waals surface area contributed by atoms with Crippen LogP contribution in [0.15, 0.2) is 128 Å². The lowest BCUT2D eigenvalue weighted by atomic mass is 9.86. The topological polar surface area (TPSA) is 46.0 Å². The lowest BCUT2D eigenvalue weighted by molar-refractivity contribution is 0.481. The van der Waals surface area contributed by atoms with E-state index in [1.165, 1.54) is 58.4 Å². The van der Waals surface area contributed by atoms with Crippen LogP contribution in [-0.4, -0.2) is 15.1 Å². The minimum atomic E-state index is 0.372. The number of para-hydroxylation sites is 2. The number of benzene rings is 5. The van der Waals surface area contributed by atoms with Crippen molar-refractivity contribution in [2.45, 2.75) is 25.7 Å². The number of nitrogens with zero attached hydrogens (tertiary/aromatic N) is 2. The maximum atomic E-state index is 9.97. The summed E-state index contributed by atoms with van der Waals surface area (Å²) < 4.78 is 0. The smallest absolute Gasteiger partial charge is 0.123 e. The SMILES string of the molecule is Oc1cccc2c1ccc1c3c(ccc12)CCCC3.c1ccc2ncccc2c1.c1ccc2ncccc2c1. The van der Waals surface area contributed by atoms with Crippen molar-refractivity contribution in [2.75, 3.05) is 0 Å². The molecule has 190 valence electrons. The quantitative estimate of drug-likeness (QED) is 0.209. The van der Waals surface area contributed by atoms with E-state index >= 15 is 0 Å². The molecule has 0 radical (unpaired) electrons. The van der Waals surface area contributed by atoms with E-state index in [2.05, 4.69) is 64.6 Å². The Hall–Kier alpha value is -4.76. The van der Waals surface area contributed by atoms with Gasteiger partial charge < -0.3 is 5.11 Å². The molecule has 0 fully saturated rings. The Morgan fingerprint density at radius 2 is 1.03 bits per heavy atom. The van der Waals surface area contributed by atoms with Crippen LogP contribution in [-0.2, 0) is 12.8 Å². The fourth-order valence-electron chi connectivity index (χ4n) is 5.44. The molecule has 0 saturated heterocycles. The number of aromatic hydroxyl groups is 1. The number of aromatic nitrogens is 2. The van der Waals surface area contributed by atoms with E-state index in [1.54, 1.807) is 6.07 Å². The fraction of sp³-hybridized carbons (Fsp3) is 0.111. The Labute approximate surface area is 228 Å². The van der Waals surface area contributed by atoms with Crippen LogP contribution in [0, 0.1) is 0 Å². The van der Waals surface area contributed by atoms with Crippen molar-refractivity contribution in [3.63, 3.8) is 0 Å². The van der Waals surface area contributed by atoms with Gasteiger partial charge in [-0.1, -0.05) is 84.9 Å². The van der Waals surface area contributed by atoms with Crippen LogP contribution >= 0.6 is 0 Å². The third kappa shape index (κ3) is 5.30.